The topological polar surface area (TPSA) is 88.9 Å². The van der Waals surface area contributed by atoms with Gasteiger partial charge < -0.3 is 20.3 Å². The molecule has 1 aromatic carbocycles. The number of nitrogens with one attached hydrogen (secondary N) is 3. The molecule has 7 nitrogen and oxygen atoms in total. The lowest BCUT2D eigenvalue weighted by molar-refractivity contribution is -0.909. The van der Waals surface area contributed by atoms with Crippen LogP contribution in [-0.4, -0.2) is 50.6 Å². The number of aryl methyl sites for hydroxylation is 1. The Kier molecular flexibility index (Phi) is 5.70. The van der Waals surface area contributed by atoms with Gasteiger partial charge in [0, 0.05) is 5.69 Å². The Bertz CT molecular complexity index is 603. The highest BCUT2D eigenvalue weighted by molar-refractivity contribution is 5.92. The number of benzene rings is 1. The van der Waals surface area contributed by atoms with E-state index in [0.717, 1.165) is 16.2 Å². The number of rotatable bonds is 5. The normalized spacial score (nSPS) is 20.5. The molecule has 0 bridgehead atoms. The second kappa shape index (κ2) is 7.73. The highest BCUT2D eigenvalue weighted by atomic mass is 16.5. The van der Waals surface area contributed by atoms with Gasteiger partial charge >= 0.3 is 5.97 Å². The van der Waals surface area contributed by atoms with E-state index in [-0.39, 0.29) is 24.8 Å². The van der Waals surface area contributed by atoms with Gasteiger partial charge in [-0.15, -0.1) is 0 Å². The molecule has 0 radical (unpaired) electrons. The summed E-state index contributed by atoms with van der Waals surface area (Å²) in [6.07, 6.45) is -0.0323. The van der Waals surface area contributed by atoms with Crippen molar-refractivity contribution in [2.45, 2.75) is 19.4 Å². The molecule has 3 N–H and O–H groups in total. The SMILES string of the molecule is COC(=O)C[C@H]1C(=O)NCC[NH+]1CC(=O)Nc1cccc(C)c1. The third kappa shape index (κ3) is 4.79. The van der Waals surface area contributed by atoms with E-state index in [9.17, 15) is 14.4 Å². The average molecular weight is 320 g/mol. The summed E-state index contributed by atoms with van der Waals surface area (Å²) in [7, 11) is 1.28. The number of ether oxygens (including phenoxy) is 1. The van der Waals surface area contributed by atoms with E-state index in [1.165, 1.54) is 7.11 Å². The average Bonchev–Trinajstić information content (AvgIpc) is 2.50. The maximum absolute atomic E-state index is 12.2. The molecule has 0 spiro atoms. The predicted molar refractivity (Wildman–Crippen MR) is 83.9 cm³/mol. The number of methoxy groups -OCH3 is 1. The number of anilines is 1. The second-order valence-electron chi connectivity index (χ2n) is 5.63. The minimum Gasteiger partial charge on any atom is -0.469 e. The molecule has 1 aliphatic heterocycles. The predicted octanol–water partition coefficient (Wildman–Crippen LogP) is -1.12. The van der Waals surface area contributed by atoms with Gasteiger partial charge in [0.25, 0.3) is 11.8 Å². The van der Waals surface area contributed by atoms with Crippen molar-refractivity contribution in [3.05, 3.63) is 29.8 Å². The van der Waals surface area contributed by atoms with E-state index in [2.05, 4.69) is 15.4 Å². The zero-order chi connectivity index (χ0) is 16.8. The number of carbonyl (C=O) groups is 3. The molecular weight excluding hydrogens is 298 g/mol. The van der Waals surface area contributed by atoms with Crippen LogP contribution in [-0.2, 0) is 19.1 Å². The van der Waals surface area contributed by atoms with Crippen LogP contribution in [0, 0.1) is 6.92 Å². The van der Waals surface area contributed by atoms with Crippen LogP contribution in [0.5, 0.6) is 0 Å². The number of hydrogen-bond donors (Lipinski definition) is 3. The smallest absolute Gasteiger partial charge is 0.312 e. The molecule has 2 rings (SSSR count). The molecule has 1 saturated heterocycles. The molecule has 1 fully saturated rings. The highest BCUT2D eigenvalue weighted by Crippen LogP contribution is 2.08. The molecule has 1 unspecified atom stereocenters. The van der Waals surface area contributed by atoms with Gasteiger partial charge in [0.2, 0.25) is 0 Å². The number of carbonyl (C=O) groups excluding carboxylic acids is 3. The van der Waals surface area contributed by atoms with Crippen LogP contribution in [0.4, 0.5) is 5.69 Å². The summed E-state index contributed by atoms with van der Waals surface area (Å²) < 4.78 is 4.63. The Labute approximate surface area is 135 Å². The van der Waals surface area contributed by atoms with Crippen molar-refractivity contribution in [2.75, 3.05) is 32.1 Å². The maximum atomic E-state index is 12.2. The van der Waals surface area contributed by atoms with Crippen LogP contribution in [0.2, 0.25) is 0 Å². The molecule has 23 heavy (non-hydrogen) atoms. The number of quaternary nitrogens is 1. The lowest BCUT2D eigenvalue weighted by Gasteiger charge is -2.30. The van der Waals surface area contributed by atoms with Crippen molar-refractivity contribution in [3.63, 3.8) is 0 Å². The third-order valence-electron chi connectivity index (χ3n) is 3.84. The fourth-order valence-electron chi connectivity index (χ4n) is 2.66. The van der Waals surface area contributed by atoms with Crippen LogP contribution in [0.3, 0.4) is 0 Å². The van der Waals surface area contributed by atoms with E-state index < -0.39 is 12.0 Å². The largest absolute Gasteiger partial charge is 0.469 e. The molecule has 2 atom stereocenters. The highest BCUT2D eigenvalue weighted by Gasteiger charge is 2.36. The van der Waals surface area contributed by atoms with Gasteiger partial charge in [-0.05, 0) is 24.6 Å². The first-order valence-electron chi connectivity index (χ1n) is 7.55. The third-order valence-corrected chi connectivity index (χ3v) is 3.84. The quantitative estimate of drug-likeness (QED) is 0.600. The minimum atomic E-state index is -0.598. The van der Waals surface area contributed by atoms with Crippen LogP contribution >= 0.6 is 0 Å². The maximum Gasteiger partial charge on any atom is 0.312 e. The molecule has 124 valence electrons. The Hall–Kier alpha value is -2.41. The van der Waals surface area contributed by atoms with E-state index >= 15 is 0 Å². The number of piperazine rings is 1. The van der Waals surface area contributed by atoms with E-state index in [4.69, 9.17) is 0 Å². The molecular formula is C16H22N3O4+. The summed E-state index contributed by atoms with van der Waals surface area (Å²) in [6, 6.07) is 6.91. The first-order chi connectivity index (χ1) is 11.0. The lowest BCUT2D eigenvalue weighted by atomic mass is 10.1. The fourth-order valence-corrected chi connectivity index (χ4v) is 2.66. The summed E-state index contributed by atoms with van der Waals surface area (Å²) in [4.78, 5) is 36.4. The van der Waals surface area contributed by atoms with Crippen molar-refractivity contribution >= 4 is 23.5 Å². The Morgan fingerprint density at radius 1 is 1.43 bits per heavy atom. The van der Waals surface area contributed by atoms with E-state index in [1.54, 1.807) is 0 Å². The van der Waals surface area contributed by atoms with Crippen LogP contribution in [0.1, 0.15) is 12.0 Å². The van der Waals surface area contributed by atoms with E-state index in [1.807, 2.05) is 31.2 Å². The van der Waals surface area contributed by atoms with E-state index in [0.29, 0.717) is 13.1 Å². The summed E-state index contributed by atoms with van der Waals surface area (Å²) in [5.74, 6) is -0.862. The Morgan fingerprint density at radius 2 is 2.22 bits per heavy atom. The zero-order valence-corrected chi connectivity index (χ0v) is 13.3. The van der Waals surface area contributed by atoms with Crippen molar-refractivity contribution in [2.24, 2.45) is 0 Å². The number of esters is 1. The Morgan fingerprint density at radius 3 is 2.91 bits per heavy atom. The lowest BCUT2D eigenvalue weighted by Crippen LogP contribution is -3.20. The van der Waals surface area contributed by atoms with Gasteiger partial charge in [-0.25, -0.2) is 0 Å². The van der Waals surface area contributed by atoms with Gasteiger partial charge in [0.1, 0.15) is 6.42 Å². The second-order valence-corrected chi connectivity index (χ2v) is 5.63. The fraction of sp³-hybridized carbons (Fsp3) is 0.438. The molecule has 7 heteroatoms. The standard InChI is InChI=1S/C16H21N3O4/c1-11-4-3-5-12(8-11)18-14(20)10-19-7-6-17-16(22)13(19)9-15(21)23-2/h3-5,8,13H,6-7,9-10H2,1-2H3,(H,17,22)(H,18,20)/p+1/t13-/m0/s1. The number of amides is 2. The van der Waals surface area contributed by atoms with Crippen LogP contribution in [0.15, 0.2) is 24.3 Å². The molecule has 1 heterocycles. The Balaban J connectivity index is 1.99. The van der Waals surface area contributed by atoms with Crippen LogP contribution < -0.4 is 15.5 Å². The molecule has 0 aromatic heterocycles. The van der Waals surface area contributed by atoms with Crippen LogP contribution in [0.25, 0.3) is 0 Å². The molecule has 2 amide bonds. The minimum absolute atomic E-state index is 0.0323. The van der Waals surface area contributed by atoms with Crippen molar-refractivity contribution in [1.29, 1.82) is 0 Å². The first-order valence-corrected chi connectivity index (χ1v) is 7.55. The van der Waals surface area contributed by atoms with Gasteiger partial charge in [-0.1, -0.05) is 12.1 Å². The summed E-state index contributed by atoms with van der Waals surface area (Å²) in [5, 5.41) is 5.55. The molecule has 1 aliphatic rings. The van der Waals surface area contributed by atoms with Crippen molar-refractivity contribution in [3.8, 4) is 0 Å². The molecule has 0 aliphatic carbocycles. The van der Waals surface area contributed by atoms with Gasteiger partial charge in [-0.3, -0.25) is 14.4 Å². The van der Waals surface area contributed by atoms with Gasteiger partial charge in [0.15, 0.2) is 12.6 Å². The zero-order valence-electron chi connectivity index (χ0n) is 13.3. The summed E-state index contributed by atoms with van der Waals surface area (Å²) >= 11 is 0. The van der Waals surface area contributed by atoms with Gasteiger partial charge in [0.05, 0.1) is 20.2 Å². The molecule has 1 aromatic rings. The summed E-state index contributed by atoms with van der Waals surface area (Å²) in [5.41, 5.74) is 1.77. The van der Waals surface area contributed by atoms with Gasteiger partial charge in [-0.2, -0.15) is 0 Å². The molecule has 0 saturated carbocycles. The van der Waals surface area contributed by atoms with Crippen molar-refractivity contribution in [1.82, 2.24) is 5.32 Å². The van der Waals surface area contributed by atoms with Crippen molar-refractivity contribution < 1.29 is 24.0 Å². The monoisotopic (exact) mass is 320 g/mol. The first kappa shape index (κ1) is 17.0. The number of hydrogen-bond acceptors (Lipinski definition) is 4. The summed E-state index contributed by atoms with van der Waals surface area (Å²) in [6.45, 7) is 3.16.